The van der Waals surface area contributed by atoms with Crippen LogP contribution in [-0.2, 0) is 17.8 Å². The number of imidazole rings is 1. The predicted molar refractivity (Wildman–Crippen MR) is 108 cm³/mol. The van der Waals surface area contributed by atoms with Crippen LogP contribution >= 0.6 is 0 Å². The van der Waals surface area contributed by atoms with Crippen LogP contribution in [0.25, 0.3) is 21.9 Å². The third-order valence-corrected chi connectivity index (χ3v) is 4.79. The molecular weight excluding hydrogens is 336 g/mol. The Morgan fingerprint density at radius 2 is 1.93 bits per heavy atom. The van der Waals surface area contributed by atoms with Crippen LogP contribution in [0, 0.1) is 6.92 Å². The molecule has 0 unspecified atom stereocenters. The molecule has 2 aromatic carbocycles. The molecule has 0 aliphatic rings. The fourth-order valence-electron chi connectivity index (χ4n) is 3.49. The molecule has 136 valence electrons. The van der Waals surface area contributed by atoms with Crippen molar-refractivity contribution in [2.45, 2.75) is 26.3 Å². The van der Waals surface area contributed by atoms with Crippen LogP contribution in [0.3, 0.4) is 0 Å². The fourth-order valence-corrected chi connectivity index (χ4v) is 3.49. The van der Waals surface area contributed by atoms with Crippen molar-refractivity contribution in [1.82, 2.24) is 19.9 Å². The van der Waals surface area contributed by atoms with E-state index in [4.69, 9.17) is 0 Å². The van der Waals surface area contributed by atoms with Crippen molar-refractivity contribution < 1.29 is 4.79 Å². The van der Waals surface area contributed by atoms with Crippen LogP contribution in [0.1, 0.15) is 17.8 Å². The van der Waals surface area contributed by atoms with Crippen molar-refractivity contribution >= 4 is 27.8 Å². The van der Waals surface area contributed by atoms with Crippen LogP contribution in [0.2, 0.25) is 0 Å². The Balaban J connectivity index is 1.34. The molecule has 0 saturated carbocycles. The summed E-state index contributed by atoms with van der Waals surface area (Å²) >= 11 is 0. The van der Waals surface area contributed by atoms with E-state index >= 15 is 0 Å². The number of nitrogens with one attached hydrogen (secondary N) is 1. The normalized spacial score (nSPS) is 11.1. The number of aryl methyl sites for hydroxylation is 2. The summed E-state index contributed by atoms with van der Waals surface area (Å²) in [6, 6.07) is 18.0. The standard InChI is InChI=1S/C22H22N4O/c1-16-25-19-10-2-3-11-20(19)26(16)14-6-13-23-21(27)15-18-8-4-7-17-9-5-12-24-22(17)18/h2-5,7-12H,6,13-15H2,1H3,(H,23,27). The zero-order chi connectivity index (χ0) is 18.6. The number of benzene rings is 2. The van der Waals surface area contributed by atoms with Crippen molar-refractivity contribution in [3.63, 3.8) is 0 Å². The number of rotatable bonds is 6. The highest BCUT2D eigenvalue weighted by Crippen LogP contribution is 2.17. The number of nitrogens with zero attached hydrogens (tertiary/aromatic N) is 3. The lowest BCUT2D eigenvalue weighted by molar-refractivity contribution is -0.120. The first-order chi connectivity index (χ1) is 13.2. The zero-order valence-corrected chi connectivity index (χ0v) is 15.4. The van der Waals surface area contributed by atoms with Gasteiger partial charge in [-0.15, -0.1) is 0 Å². The Kier molecular flexibility index (Phi) is 4.83. The Bertz CT molecular complexity index is 1090. The van der Waals surface area contributed by atoms with E-state index in [0.717, 1.165) is 46.3 Å². The topological polar surface area (TPSA) is 59.8 Å². The van der Waals surface area contributed by atoms with Crippen molar-refractivity contribution in [1.29, 1.82) is 0 Å². The molecule has 2 heterocycles. The van der Waals surface area contributed by atoms with E-state index in [1.165, 1.54) is 0 Å². The third-order valence-electron chi connectivity index (χ3n) is 4.79. The van der Waals surface area contributed by atoms with Crippen LogP contribution in [-0.4, -0.2) is 27.0 Å². The predicted octanol–water partition coefficient (Wildman–Crippen LogP) is 3.64. The minimum absolute atomic E-state index is 0.0281. The summed E-state index contributed by atoms with van der Waals surface area (Å²) in [4.78, 5) is 21.3. The van der Waals surface area contributed by atoms with E-state index in [1.54, 1.807) is 6.20 Å². The smallest absolute Gasteiger partial charge is 0.224 e. The number of fused-ring (bicyclic) bond motifs is 2. The summed E-state index contributed by atoms with van der Waals surface area (Å²) in [5.74, 6) is 1.03. The second-order valence-electron chi connectivity index (χ2n) is 6.67. The van der Waals surface area contributed by atoms with Gasteiger partial charge in [0.05, 0.1) is 23.0 Å². The maximum Gasteiger partial charge on any atom is 0.224 e. The Morgan fingerprint density at radius 3 is 2.85 bits per heavy atom. The summed E-state index contributed by atoms with van der Waals surface area (Å²) < 4.78 is 2.20. The largest absolute Gasteiger partial charge is 0.356 e. The zero-order valence-electron chi connectivity index (χ0n) is 15.4. The molecule has 1 amide bonds. The van der Waals surface area contributed by atoms with Gasteiger partial charge in [-0.1, -0.05) is 36.4 Å². The maximum absolute atomic E-state index is 12.3. The molecule has 0 aliphatic carbocycles. The summed E-state index contributed by atoms with van der Waals surface area (Å²) in [5.41, 5.74) is 4.02. The highest BCUT2D eigenvalue weighted by atomic mass is 16.1. The molecule has 2 aromatic heterocycles. The molecule has 0 aliphatic heterocycles. The van der Waals surface area contributed by atoms with Gasteiger partial charge >= 0.3 is 0 Å². The number of aromatic nitrogens is 3. The van der Waals surface area contributed by atoms with Crippen molar-refractivity contribution in [3.05, 3.63) is 72.2 Å². The molecule has 0 spiro atoms. The van der Waals surface area contributed by atoms with Gasteiger partial charge in [0.25, 0.3) is 0 Å². The van der Waals surface area contributed by atoms with Crippen LogP contribution in [0.4, 0.5) is 0 Å². The number of carbonyl (C=O) groups excluding carboxylic acids is 1. The molecule has 4 aromatic rings. The molecule has 0 radical (unpaired) electrons. The average Bonchev–Trinajstić information content (AvgIpc) is 3.01. The molecule has 27 heavy (non-hydrogen) atoms. The van der Waals surface area contributed by atoms with Gasteiger partial charge in [0.2, 0.25) is 5.91 Å². The van der Waals surface area contributed by atoms with E-state index in [0.29, 0.717) is 13.0 Å². The SMILES string of the molecule is Cc1nc2ccccc2n1CCCNC(=O)Cc1cccc2cccnc12. The molecule has 5 nitrogen and oxygen atoms in total. The first-order valence-corrected chi connectivity index (χ1v) is 9.23. The summed E-state index contributed by atoms with van der Waals surface area (Å²) in [5, 5.41) is 4.09. The Hall–Kier alpha value is -3.21. The second kappa shape index (κ2) is 7.58. The Morgan fingerprint density at radius 1 is 1.07 bits per heavy atom. The molecule has 1 N–H and O–H groups in total. The monoisotopic (exact) mass is 358 g/mol. The lowest BCUT2D eigenvalue weighted by atomic mass is 10.1. The molecule has 0 atom stereocenters. The number of hydrogen-bond donors (Lipinski definition) is 1. The minimum atomic E-state index is 0.0281. The number of hydrogen-bond acceptors (Lipinski definition) is 3. The average molecular weight is 358 g/mol. The molecule has 0 bridgehead atoms. The summed E-state index contributed by atoms with van der Waals surface area (Å²) in [7, 11) is 0. The van der Waals surface area contributed by atoms with E-state index in [9.17, 15) is 4.79 Å². The van der Waals surface area contributed by atoms with Crippen LogP contribution < -0.4 is 5.32 Å². The molecule has 0 fully saturated rings. The number of pyridine rings is 1. The molecule has 5 heteroatoms. The van der Waals surface area contributed by atoms with Crippen molar-refractivity contribution in [3.8, 4) is 0 Å². The van der Waals surface area contributed by atoms with Crippen LogP contribution in [0.5, 0.6) is 0 Å². The Labute approximate surface area is 158 Å². The molecular formula is C22H22N4O. The van der Waals surface area contributed by atoms with Gasteiger partial charge in [0.15, 0.2) is 0 Å². The van der Waals surface area contributed by atoms with E-state index in [2.05, 4.69) is 25.9 Å². The van der Waals surface area contributed by atoms with Gasteiger partial charge in [-0.3, -0.25) is 9.78 Å². The van der Waals surface area contributed by atoms with E-state index < -0.39 is 0 Å². The quantitative estimate of drug-likeness (QED) is 0.535. The maximum atomic E-state index is 12.3. The van der Waals surface area contributed by atoms with Gasteiger partial charge in [0.1, 0.15) is 5.82 Å². The fraction of sp³-hybridized carbons (Fsp3) is 0.227. The molecule has 4 rings (SSSR count). The van der Waals surface area contributed by atoms with Gasteiger partial charge in [-0.05, 0) is 37.1 Å². The van der Waals surface area contributed by atoms with Gasteiger partial charge in [0, 0.05) is 24.7 Å². The van der Waals surface area contributed by atoms with Gasteiger partial charge in [-0.2, -0.15) is 0 Å². The van der Waals surface area contributed by atoms with E-state index in [-0.39, 0.29) is 5.91 Å². The minimum Gasteiger partial charge on any atom is -0.356 e. The third kappa shape index (κ3) is 3.67. The summed E-state index contributed by atoms with van der Waals surface area (Å²) in [6.07, 6.45) is 2.98. The van der Waals surface area contributed by atoms with Crippen molar-refractivity contribution in [2.75, 3.05) is 6.54 Å². The van der Waals surface area contributed by atoms with Gasteiger partial charge < -0.3 is 9.88 Å². The van der Waals surface area contributed by atoms with Crippen molar-refractivity contribution in [2.24, 2.45) is 0 Å². The van der Waals surface area contributed by atoms with Crippen LogP contribution in [0.15, 0.2) is 60.8 Å². The summed E-state index contributed by atoms with van der Waals surface area (Å²) in [6.45, 7) is 3.50. The first-order valence-electron chi connectivity index (χ1n) is 9.23. The number of carbonyl (C=O) groups is 1. The highest BCUT2D eigenvalue weighted by Gasteiger charge is 2.09. The highest BCUT2D eigenvalue weighted by molar-refractivity contribution is 5.87. The lowest BCUT2D eigenvalue weighted by Gasteiger charge is -2.09. The van der Waals surface area contributed by atoms with E-state index in [1.807, 2.05) is 55.5 Å². The first kappa shape index (κ1) is 17.2. The lowest BCUT2D eigenvalue weighted by Crippen LogP contribution is -2.27. The number of para-hydroxylation sites is 3. The number of amides is 1. The molecule has 0 saturated heterocycles. The van der Waals surface area contributed by atoms with Gasteiger partial charge in [-0.25, -0.2) is 4.98 Å². The second-order valence-corrected chi connectivity index (χ2v) is 6.67.